The zero-order valence-corrected chi connectivity index (χ0v) is 12.9. The molecule has 1 aromatic rings. The second kappa shape index (κ2) is 7.60. The van der Waals surface area contributed by atoms with Crippen LogP contribution in [0, 0.1) is 0 Å². The van der Waals surface area contributed by atoms with Gasteiger partial charge in [0.15, 0.2) is 11.5 Å². The SMILES string of the molecule is CCCc1cccc(O)c1O.[SiH3]O[SiH3]. The molecule has 5 heteroatoms. The van der Waals surface area contributed by atoms with E-state index < -0.39 is 0 Å². The summed E-state index contributed by atoms with van der Waals surface area (Å²) in [5.41, 5.74) is 0.813. The van der Waals surface area contributed by atoms with Crippen molar-refractivity contribution in [1.29, 1.82) is 0 Å². The lowest BCUT2D eigenvalue weighted by Crippen LogP contribution is -1.83. The molecule has 0 saturated heterocycles. The molecular formula is C9H18O3Si2. The highest BCUT2D eigenvalue weighted by atomic mass is 28.3. The quantitative estimate of drug-likeness (QED) is 0.538. The van der Waals surface area contributed by atoms with Crippen LogP contribution < -0.4 is 0 Å². The van der Waals surface area contributed by atoms with E-state index in [1.807, 2.05) is 13.0 Å². The Bertz CT molecular complexity index is 266. The van der Waals surface area contributed by atoms with E-state index in [9.17, 15) is 5.11 Å². The van der Waals surface area contributed by atoms with Gasteiger partial charge >= 0.3 is 0 Å². The lowest BCUT2D eigenvalue weighted by Gasteiger charge is -2.03. The highest BCUT2D eigenvalue weighted by Gasteiger charge is 2.02. The number of benzene rings is 1. The number of aryl methyl sites for hydroxylation is 1. The average molecular weight is 230 g/mol. The number of rotatable bonds is 2. The Hall–Kier alpha value is -0.786. The van der Waals surface area contributed by atoms with Crippen LogP contribution in [-0.2, 0) is 10.5 Å². The molecule has 0 amide bonds. The van der Waals surface area contributed by atoms with Crippen LogP contribution in [0.2, 0.25) is 0 Å². The Morgan fingerprint density at radius 2 is 1.86 bits per heavy atom. The summed E-state index contributed by atoms with van der Waals surface area (Å²) in [4.78, 5) is 0. The summed E-state index contributed by atoms with van der Waals surface area (Å²) >= 11 is 0. The molecule has 80 valence electrons. The maximum atomic E-state index is 9.28. The van der Waals surface area contributed by atoms with Crippen molar-refractivity contribution in [2.24, 2.45) is 0 Å². The Labute approximate surface area is 90.8 Å². The molecule has 0 aliphatic carbocycles. The monoisotopic (exact) mass is 230 g/mol. The van der Waals surface area contributed by atoms with E-state index in [0.29, 0.717) is 0 Å². The highest BCUT2D eigenvalue weighted by Crippen LogP contribution is 2.28. The van der Waals surface area contributed by atoms with Crippen LogP contribution in [0.5, 0.6) is 11.5 Å². The summed E-state index contributed by atoms with van der Waals surface area (Å²) in [6, 6.07) is 5.03. The van der Waals surface area contributed by atoms with Gasteiger partial charge in [0.1, 0.15) is 21.0 Å². The normalized spacial score (nSPS) is 9.50. The van der Waals surface area contributed by atoms with E-state index in [1.165, 1.54) is 6.07 Å². The molecule has 0 fully saturated rings. The molecular weight excluding hydrogens is 212 g/mol. The van der Waals surface area contributed by atoms with Gasteiger partial charge < -0.3 is 14.3 Å². The Morgan fingerprint density at radius 3 is 2.36 bits per heavy atom. The van der Waals surface area contributed by atoms with E-state index in [-0.39, 0.29) is 11.5 Å². The smallest absolute Gasteiger partial charge is 0.160 e. The fourth-order valence-electron chi connectivity index (χ4n) is 1.05. The molecule has 0 aromatic heterocycles. The average Bonchev–Trinajstić information content (AvgIpc) is 2.15. The minimum absolute atomic E-state index is 0.0225. The van der Waals surface area contributed by atoms with Crippen LogP contribution in [0.3, 0.4) is 0 Å². The van der Waals surface area contributed by atoms with Gasteiger partial charge in [-0.2, -0.15) is 0 Å². The van der Waals surface area contributed by atoms with E-state index >= 15 is 0 Å². The number of hydrogen-bond acceptors (Lipinski definition) is 3. The summed E-state index contributed by atoms with van der Waals surface area (Å²) in [6.45, 7) is 2.03. The highest BCUT2D eigenvalue weighted by molar-refractivity contribution is 6.15. The third-order valence-corrected chi connectivity index (χ3v) is 1.62. The van der Waals surface area contributed by atoms with Crippen LogP contribution >= 0.6 is 0 Å². The largest absolute Gasteiger partial charge is 0.504 e. The molecule has 0 bridgehead atoms. The predicted molar refractivity (Wildman–Crippen MR) is 64.7 cm³/mol. The second-order valence-corrected chi connectivity index (χ2v) is 6.21. The maximum absolute atomic E-state index is 9.28. The van der Waals surface area contributed by atoms with Gasteiger partial charge in [-0.3, -0.25) is 0 Å². The van der Waals surface area contributed by atoms with Crippen LogP contribution in [0.1, 0.15) is 18.9 Å². The first-order chi connectivity index (χ1) is 6.67. The van der Waals surface area contributed by atoms with E-state index in [2.05, 4.69) is 4.12 Å². The zero-order chi connectivity index (χ0) is 11.0. The second-order valence-electron chi connectivity index (χ2n) is 2.94. The molecule has 0 aliphatic rings. The number of para-hydroxylation sites is 1. The third-order valence-electron chi connectivity index (χ3n) is 1.62. The molecule has 0 spiro atoms. The van der Waals surface area contributed by atoms with Gasteiger partial charge in [0, 0.05) is 0 Å². The summed E-state index contributed by atoms with van der Waals surface area (Å²) < 4.78 is 4.53. The van der Waals surface area contributed by atoms with Crippen molar-refractivity contribution >= 4 is 21.0 Å². The number of phenols is 2. The van der Waals surface area contributed by atoms with Gasteiger partial charge in [-0.15, -0.1) is 0 Å². The molecule has 1 aromatic carbocycles. The van der Waals surface area contributed by atoms with Crippen molar-refractivity contribution in [1.82, 2.24) is 0 Å². The molecule has 2 N–H and O–H groups in total. The topological polar surface area (TPSA) is 49.7 Å². The summed E-state index contributed by atoms with van der Waals surface area (Å²) in [6.07, 6.45) is 1.78. The third kappa shape index (κ3) is 4.45. The minimum atomic E-state index is -0.0315. The first-order valence-electron chi connectivity index (χ1n) is 4.57. The first kappa shape index (κ1) is 13.2. The Balaban J connectivity index is 0.000000500. The van der Waals surface area contributed by atoms with E-state index in [1.54, 1.807) is 6.07 Å². The number of aromatic hydroxyl groups is 2. The van der Waals surface area contributed by atoms with Crippen molar-refractivity contribution in [2.45, 2.75) is 19.8 Å². The lowest BCUT2D eigenvalue weighted by atomic mass is 10.1. The molecule has 0 aliphatic heterocycles. The van der Waals surface area contributed by atoms with Crippen LogP contribution in [0.25, 0.3) is 0 Å². The lowest BCUT2D eigenvalue weighted by molar-refractivity contribution is 0.399. The number of phenolic OH excluding ortho intramolecular Hbond substituents is 2. The standard InChI is InChI=1S/C9H12O2.H6OSi2/c1-2-4-7-5-3-6-8(10)9(7)11;2-1-3/h3,5-6,10-11H,2,4H2,1H3;2-3H3. The predicted octanol–water partition coefficient (Wildman–Crippen LogP) is -0.386. The molecule has 14 heavy (non-hydrogen) atoms. The first-order valence-corrected chi connectivity index (χ1v) is 6.20. The van der Waals surface area contributed by atoms with E-state index in [4.69, 9.17) is 5.11 Å². The van der Waals surface area contributed by atoms with Gasteiger partial charge in [0.2, 0.25) is 0 Å². The van der Waals surface area contributed by atoms with Crippen molar-refractivity contribution < 1.29 is 14.3 Å². The van der Waals surface area contributed by atoms with E-state index in [0.717, 1.165) is 39.4 Å². The Kier molecular flexibility index (Phi) is 7.18. The van der Waals surface area contributed by atoms with Gasteiger partial charge in [0.25, 0.3) is 0 Å². The molecule has 0 unspecified atom stereocenters. The van der Waals surface area contributed by atoms with Gasteiger partial charge in [0.05, 0.1) is 0 Å². The molecule has 0 atom stereocenters. The fraction of sp³-hybridized carbons (Fsp3) is 0.333. The number of hydrogen-bond donors (Lipinski definition) is 2. The molecule has 0 saturated carbocycles. The molecule has 3 nitrogen and oxygen atoms in total. The molecule has 0 heterocycles. The van der Waals surface area contributed by atoms with Crippen molar-refractivity contribution in [2.75, 3.05) is 0 Å². The fourth-order valence-corrected chi connectivity index (χ4v) is 1.05. The van der Waals surface area contributed by atoms with Crippen LogP contribution in [0.15, 0.2) is 18.2 Å². The summed E-state index contributed by atoms with van der Waals surface area (Å²) in [5.74, 6) is -0.00898. The summed E-state index contributed by atoms with van der Waals surface area (Å²) in [7, 11) is 1.86. The van der Waals surface area contributed by atoms with Crippen LogP contribution in [-0.4, -0.2) is 31.2 Å². The van der Waals surface area contributed by atoms with Crippen molar-refractivity contribution in [3.8, 4) is 11.5 Å². The van der Waals surface area contributed by atoms with Crippen LogP contribution in [0.4, 0.5) is 0 Å². The van der Waals surface area contributed by atoms with Gasteiger partial charge in [-0.05, 0) is 18.1 Å². The summed E-state index contributed by atoms with van der Waals surface area (Å²) in [5, 5.41) is 18.4. The van der Waals surface area contributed by atoms with Crippen molar-refractivity contribution in [3.05, 3.63) is 23.8 Å². The maximum Gasteiger partial charge on any atom is 0.160 e. The Morgan fingerprint density at radius 1 is 1.29 bits per heavy atom. The molecule has 1 rings (SSSR count). The van der Waals surface area contributed by atoms with Crippen molar-refractivity contribution in [3.63, 3.8) is 0 Å². The van der Waals surface area contributed by atoms with Gasteiger partial charge in [-0.1, -0.05) is 25.5 Å². The van der Waals surface area contributed by atoms with Gasteiger partial charge in [-0.25, -0.2) is 0 Å². The molecule has 0 radical (unpaired) electrons. The zero-order valence-electron chi connectivity index (χ0n) is 8.95. The minimum Gasteiger partial charge on any atom is -0.504 e.